The lowest BCUT2D eigenvalue weighted by molar-refractivity contribution is 0.477. The molecule has 0 aliphatic rings. The third-order valence-electron chi connectivity index (χ3n) is 3.47. The van der Waals surface area contributed by atoms with Crippen LogP contribution in [0.2, 0.25) is 5.02 Å². The first-order chi connectivity index (χ1) is 9.79. The van der Waals surface area contributed by atoms with Crippen molar-refractivity contribution in [1.82, 2.24) is 5.32 Å². The smallest absolute Gasteiger partial charge is 0.0438 e. The van der Waals surface area contributed by atoms with Gasteiger partial charge in [-0.15, -0.1) is 11.3 Å². The Balaban J connectivity index is 1.85. The highest BCUT2D eigenvalue weighted by atomic mass is 35.5. The second-order valence-electron chi connectivity index (χ2n) is 5.02. The van der Waals surface area contributed by atoms with Crippen molar-refractivity contribution in [3.8, 4) is 0 Å². The minimum atomic E-state index is 0.514. The average molecular weight is 308 g/mol. The van der Waals surface area contributed by atoms with Crippen LogP contribution in [-0.2, 0) is 12.8 Å². The molecule has 0 radical (unpaired) electrons. The molecule has 1 nitrogen and oxygen atoms in total. The minimum absolute atomic E-state index is 0.514. The number of nitrogens with one attached hydrogen (secondary N) is 1. The molecule has 0 saturated heterocycles. The molecular formula is C17H22ClNS. The van der Waals surface area contributed by atoms with Crippen molar-refractivity contribution in [2.75, 3.05) is 6.54 Å². The third kappa shape index (κ3) is 4.93. The third-order valence-corrected chi connectivity index (χ3v) is 4.78. The first-order valence-corrected chi connectivity index (χ1v) is 8.54. The van der Waals surface area contributed by atoms with Crippen LogP contribution in [0, 0.1) is 0 Å². The summed E-state index contributed by atoms with van der Waals surface area (Å²) in [5.41, 5.74) is 1.25. The Morgan fingerprint density at radius 2 is 2.05 bits per heavy atom. The van der Waals surface area contributed by atoms with Crippen LogP contribution in [0.1, 0.15) is 30.2 Å². The summed E-state index contributed by atoms with van der Waals surface area (Å²) in [7, 11) is 0. The predicted molar refractivity (Wildman–Crippen MR) is 89.9 cm³/mol. The molecule has 2 aromatic rings. The zero-order valence-corrected chi connectivity index (χ0v) is 13.5. The summed E-state index contributed by atoms with van der Waals surface area (Å²) >= 11 is 8.11. The van der Waals surface area contributed by atoms with E-state index < -0.39 is 0 Å². The number of aryl methyl sites for hydroxylation is 1. The Kier molecular flexibility index (Phi) is 6.58. The molecule has 0 spiro atoms. The van der Waals surface area contributed by atoms with E-state index in [-0.39, 0.29) is 0 Å². The van der Waals surface area contributed by atoms with Gasteiger partial charge in [0.25, 0.3) is 0 Å². The highest BCUT2D eigenvalue weighted by Gasteiger charge is 2.10. The second-order valence-corrected chi connectivity index (χ2v) is 6.46. The van der Waals surface area contributed by atoms with E-state index in [0.29, 0.717) is 6.04 Å². The summed E-state index contributed by atoms with van der Waals surface area (Å²) < 4.78 is 0. The molecule has 1 aromatic heterocycles. The van der Waals surface area contributed by atoms with Crippen molar-refractivity contribution in [2.24, 2.45) is 0 Å². The number of hydrogen-bond acceptors (Lipinski definition) is 2. The first-order valence-electron chi connectivity index (χ1n) is 7.28. The fourth-order valence-electron chi connectivity index (χ4n) is 2.47. The molecule has 2 rings (SSSR count). The van der Waals surface area contributed by atoms with Gasteiger partial charge in [0.1, 0.15) is 0 Å². The lowest BCUT2D eigenvalue weighted by Gasteiger charge is -2.18. The molecule has 1 heterocycles. The number of likely N-dealkylation sites (N-methyl/N-ethyl adjacent to an activating group) is 1. The molecule has 20 heavy (non-hydrogen) atoms. The molecular weight excluding hydrogens is 286 g/mol. The van der Waals surface area contributed by atoms with E-state index in [1.807, 2.05) is 23.5 Å². The maximum atomic E-state index is 6.26. The molecule has 0 amide bonds. The topological polar surface area (TPSA) is 12.0 Å². The molecule has 0 aliphatic carbocycles. The Labute approximate surface area is 131 Å². The summed E-state index contributed by atoms with van der Waals surface area (Å²) in [4.78, 5) is 1.48. The van der Waals surface area contributed by atoms with Gasteiger partial charge < -0.3 is 5.32 Å². The molecule has 3 heteroatoms. The molecule has 0 bridgehead atoms. The van der Waals surface area contributed by atoms with Gasteiger partial charge in [0.2, 0.25) is 0 Å². The van der Waals surface area contributed by atoms with E-state index in [4.69, 9.17) is 11.6 Å². The molecule has 1 atom stereocenters. The lowest BCUT2D eigenvalue weighted by atomic mass is 10.0. The van der Waals surface area contributed by atoms with Crippen LogP contribution in [0.5, 0.6) is 0 Å². The van der Waals surface area contributed by atoms with Gasteiger partial charge in [-0.25, -0.2) is 0 Å². The van der Waals surface area contributed by atoms with Crippen molar-refractivity contribution < 1.29 is 0 Å². The summed E-state index contributed by atoms with van der Waals surface area (Å²) in [6.07, 6.45) is 4.61. The normalized spacial score (nSPS) is 12.5. The average Bonchev–Trinajstić information content (AvgIpc) is 2.95. The van der Waals surface area contributed by atoms with Crippen molar-refractivity contribution >= 4 is 22.9 Å². The summed E-state index contributed by atoms with van der Waals surface area (Å²) in [6.45, 7) is 3.17. The maximum absolute atomic E-state index is 6.26. The van der Waals surface area contributed by atoms with Gasteiger partial charge in [0, 0.05) is 15.9 Å². The molecule has 0 aliphatic heterocycles. The van der Waals surface area contributed by atoms with Gasteiger partial charge in [0.15, 0.2) is 0 Å². The molecule has 0 fully saturated rings. The van der Waals surface area contributed by atoms with Crippen LogP contribution >= 0.6 is 22.9 Å². The van der Waals surface area contributed by atoms with Gasteiger partial charge >= 0.3 is 0 Å². The Bertz CT molecular complexity index is 495. The minimum Gasteiger partial charge on any atom is -0.314 e. The van der Waals surface area contributed by atoms with E-state index in [1.165, 1.54) is 29.7 Å². The Hall–Kier alpha value is -0.830. The van der Waals surface area contributed by atoms with E-state index in [2.05, 4.69) is 41.9 Å². The summed E-state index contributed by atoms with van der Waals surface area (Å²) in [5.74, 6) is 0. The number of rotatable bonds is 8. The quantitative estimate of drug-likeness (QED) is 0.728. The number of hydrogen-bond donors (Lipinski definition) is 1. The lowest BCUT2D eigenvalue weighted by Crippen LogP contribution is -2.31. The SMILES string of the molecule is CCNC(CCCc1cccs1)Cc1ccccc1Cl. The Morgan fingerprint density at radius 3 is 2.75 bits per heavy atom. The van der Waals surface area contributed by atoms with Crippen molar-refractivity contribution in [3.63, 3.8) is 0 Å². The second kappa shape index (κ2) is 8.46. The summed E-state index contributed by atoms with van der Waals surface area (Å²) in [5, 5.41) is 6.62. The number of thiophene rings is 1. The van der Waals surface area contributed by atoms with Gasteiger partial charge in [0.05, 0.1) is 0 Å². The zero-order valence-electron chi connectivity index (χ0n) is 11.9. The van der Waals surface area contributed by atoms with Gasteiger partial charge in [-0.05, 0) is 55.3 Å². The van der Waals surface area contributed by atoms with Crippen LogP contribution in [-0.4, -0.2) is 12.6 Å². The van der Waals surface area contributed by atoms with Crippen molar-refractivity contribution in [2.45, 2.75) is 38.6 Å². The standard InChI is InChI=1S/C17H22ClNS/c1-2-19-15(8-5-9-16-10-6-12-20-16)13-14-7-3-4-11-17(14)18/h3-4,6-7,10-12,15,19H,2,5,8-9,13H2,1H3. The number of halogens is 1. The van der Waals surface area contributed by atoms with Gasteiger partial charge in [-0.1, -0.05) is 42.8 Å². The van der Waals surface area contributed by atoms with Crippen LogP contribution < -0.4 is 5.32 Å². The van der Waals surface area contributed by atoms with E-state index in [1.54, 1.807) is 0 Å². The van der Waals surface area contributed by atoms with Crippen molar-refractivity contribution in [1.29, 1.82) is 0 Å². The predicted octanol–water partition coefficient (Wildman–Crippen LogP) is 4.95. The maximum Gasteiger partial charge on any atom is 0.0438 e. The van der Waals surface area contributed by atoms with Crippen LogP contribution in [0.25, 0.3) is 0 Å². The molecule has 1 unspecified atom stereocenters. The molecule has 1 aromatic carbocycles. The van der Waals surface area contributed by atoms with E-state index >= 15 is 0 Å². The molecule has 0 saturated carbocycles. The van der Waals surface area contributed by atoms with E-state index in [9.17, 15) is 0 Å². The fraction of sp³-hybridized carbons (Fsp3) is 0.412. The highest BCUT2D eigenvalue weighted by molar-refractivity contribution is 7.09. The first kappa shape index (κ1) is 15.6. The van der Waals surface area contributed by atoms with Gasteiger partial charge in [-0.3, -0.25) is 0 Å². The zero-order chi connectivity index (χ0) is 14.2. The monoisotopic (exact) mass is 307 g/mol. The Morgan fingerprint density at radius 1 is 1.20 bits per heavy atom. The highest BCUT2D eigenvalue weighted by Crippen LogP contribution is 2.19. The van der Waals surface area contributed by atoms with Crippen molar-refractivity contribution in [3.05, 3.63) is 57.2 Å². The molecule has 108 valence electrons. The number of benzene rings is 1. The van der Waals surface area contributed by atoms with E-state index in [0.717, 1.165) is 18.0 Å². The van der Waals surface area contributed by atoms with Crippen LogP contribution in [0.4, 0.5) is 0 Å². The largest absolute Gasteiger partial charge is 0.314 e. The van der Waals surface area contributed by atoms with Crippen LogP contribution in [0.15, 0.2) is 41.8 Å². The van der Waals surface area contributed by atoms with Gasteiger partial charge in [-0.2, -0.15) is 0 Å². The molecule has 1 N–H and O–H groups in total. The summed E-state index contributed by atoms with van der Waals surface area (Å²) in [6, 6.07) is 13.0. The van der Waals surface area contributed by atoms with Crippen LogP contribution in [0.3, 0.4) is 0 Å². The fourth-order valence-corrected chi connectivity index (χ4v) is 3.44.